The third kappa shape index (κ3) is 4.21. The molecule has 0 atom stereocenters. The van der Waals surface area contributed by atoms with Gasteiger partial charge in [-0.15, -0.1) is 0 Å². The summed E-state index contributed by atoms with van der Waals surface area (Å²) in [6.07, 6.45) is 0.127. The monoisotopic (exact) mass is 390 g/mol. The van der Waals surface area contributed by atoms with Gasteiger partial charge in [0.05, 0.1) is 11.1 Å². The Kier molecular flexibility index (Phi) is 6.23. The lowest BCUT2D eigenvalue weighted by Crippen LogP contribution is -2.21. The molecule has 0 fully saturated rings. The number of hydrogen-bond donors (Lipinski definition) is 0. The second-order valence-corrected chi connectivity index (χ2v) is 6.34. The summed E-state index contributed by atoms with van der Waals surface area (Å²) in [5, 5.41) is 0. The van der Waals surface area contributed by atoms with E-state index < -0.39 is 23.2 Å². The van der Waals surface area contributed by atoms with E-state index in [9.17, 15) is 19.2 Å². The fourth-order valence-corrected chi connectivity index (χ4v) is 2.83. The summed E-state index contributed by atoms with van der Waals surface area (Å²) in [6.45, 7) is 9.04. The van der Waals surface area contributed by atoms with Crippen molar-refractivity contribution in [2.24, 2.45) is 0 Å². The standard InChI is InChI=1S/C20H22O8/c1-7-16-10(3)18(27-13(6)22)15(20(24)28-16)8-14-17(26-12(5)21)9(2)11(4)25-19(14)23/h7-8H2,1-6H3. The second kappa shape index (κ2) is 8.24. The van der Waals surface area contributed by atoms with Crippen LogP contribution in [0, 0.1) is 20.8 Å². The van der Waals surface area contributed by atoms with Crippen LogP contribution in [0.2, 0.25) is 0 Å². The topological polar surface area (TPSA) is 113 Å². The van der Waals surface area contributed by atoms with E-state index in [0.29, 0.717) is 23.3 Å². The Morgan fingerprint density at radius 2 is 1.29 bits per heavy atom. The van der Waals surface area contributed by atoms with Crippen molar-refractivity contribution in [3.63, 3.8) is 0 Å². The van der Waals surface area contributed by atoms with Crippen LogP contribution in [0.1, 0.15) is 54.5 Å². The van der Waals surface area contributed by atoms with E-state index in [1.807, 2.05) is 0 Å². The van der Waals surface area contributed by atoms with Crippen molar-refractivity contribution in [1.29, 1.82) is 0 Å². The molecule has 2 rings (SSSR count). The summed E-state index contributed by atoms with van der Waals surface area (Å²) >= 11 is 0. The summed E-state index contributed by atoms with van der Waals surface area (Å²) in [4.78, 5) is 48.1. The first-order chi connectivity index (χ1) is 13.1. The molecular weight excluding hydrogens is 368 g/mol. The molecular formula is C20H22O8. The number of esters is 2. The number of carbonyl (C=O) groups is 2. The Morgan fingerprint density at radius 3 is 1.75 bits per heavy atom. The van der Waals surface area contributed by atoms with Gasteiger partial charge in [0, 0.05) is 37.8 Å². The lowest BCUT2D eigenvalue weighted by Gasteiger charge is -2.15. The summed E-state index contributed by atoms with van der Waals surface area (Å²) < 4.78 is 20.9. The molecule has 2 heterocycles. The molecule has 0 spiro atoms. The van der Waals surface area contributed by atoms with Crippen LogP contribution in [0.3, 0.4) is 0 Å². The molecule has 0 amide bonds. The molecule has 0 unspecified atom stereocenters. The van der Waals surface area contributed by atoms with Gasteiger partial charge in [-0.3, -0.25) is 9.59 Å². The Hall–Kier alpha value is -3.16. The maximum absolute atomic E-state index is 12.6. The van der Waals surface area contributed by atoms with E-state index in [4.69, 9.17) is 18.3 Å². The van der Waals surface area contributed by atoms with E-state index in [-0.39, 0.29) is 34.8 Å². The number of carbonyl (C=O) groups excluding carboxylic acids is 2. The van der Waals surface area contributed by atoms with Gasteiger partial charge in [-0.1, -0.05) is 6.92 Å². The highest BCUT2D eigenvalue weighted by Crippen LogP contribution is 2.30. The van der Waals surface area contributed by atoms with Crippen LogP contribution in [-0.4, -0.2) is 11.9 Å². The number of hydrogen-bond acceptors (Lipinski definition) is 8. The van der Waals surface area contributed by atoms with Crippen molar-refractivity contribution in [3.05, 3.63) is 54.6 Å². The van der Waals surface area contributed by atoms with Gasteiger partial charge in [-0.2, -0.15) is 0 Å². The summed E-state index contributed by atoms with van der Waals surface area (Å²) in [5.41, 5.74) is -0.647. The van der Waals surface area contributed by atoms with Crippen molar-refractivity contribution in [2.75, 3.05) is 0 Å². The summed E-state index contributed by atoms with van der Waals surface area (Å²) in [5.74, 6) is -0.533. The molecule has 0 radical (unpaired) electrons. The molecule has 0 aliphatic heterocycles. The summed E-state index contributed by atoms with van der Waals surface area (Å²) in [7, 11) is 0. The van der Waals surface area contributed by atoms with Gasteiger partial charge in [0.15, 0.2) is 0 Å². The minimum absolute atomic E-state index is 0.0200. The van der Waals surface area contributed by atoms with Crippen LogP contribution in [0.15, 0.2) is 18.4 Å². The van der Waals surface area contributed by atoms with Crippen LogP contribution in [0.5, 0.6) is 11.5 Å². The van der Waals surface area contributed by atoms with Gasteiger partial charge in [-0.05, 0) is 20.8 Å². The van der Waals surface area contributed by atoms with Crippen molar-refractivity contribution in [2.45, 2.75) is 54.4 Å². The molecule has 0 aliphatic rings. The molecule has 2 aromatic rings. The molecule has 0 N–H and O–H groups in total. The number of ether oxygens (including phenoxy) is 2. The molecule has 0 aliphatic carbocycles. The third-order valence-corrected chi connectivity index (χ3v) is 4.30. The molecule has 28 heavy (non-hydrogen) atoms. The molecule has 0 saturated carbocycles. The van der Waals surface area contributed by atoms with E-state index in [2.05, 4.69) is 0 Å². The van der Waals surface area contributed by atoms with Gasteiger partial charge < -0.3 is 18.3 Å². The van der Waals surface area contributed by atoms with Crippen LogP contribution in [0.25, 0.3) is 0 Å². The zero-order valence-corrected chi connectivity index (χ0v) is 16.7. The number of rotatable bonds is 5. The summed E-state index contributed by atoms with van der Waals surface area (Å²) in [6, 6.07) is 0. The quantitative estimate of drug-likeness (QED) is 0.716. The predicted molar refractivity (Wildman–Crippen MR) is 99.0 cm³/mol. The van der Waals surface area contributed by atoms with E-state index in [1.165, 1.54) is 13.8 Å². The Labute approximate surface area is 161 Å². The Bertz CT molecular complexity index is 1060. The van der Waals surface area contributed by atoms with Gasteiger partial charge in [-0.25, -0.2) is 9.59 Å². The first kappa shape index (κ1) is 21.1. The van der Waals surface area contributed by atoms with Crippen molar-refractivity contribution >= 4 is 11.9 Å². The molecule has 2 aromatic heterocycles. The molecule has 0 saturated heterocycles. The van der Waals surface area contributed by atoms with Crippen molar-refractivity contribution < 1.29 is 27.9 Å². The SMILES string of the molecule is CCc1oc(=O)c(Cc2c(OC(C)=O)c(C)c(C)oc2=O)c(OC(C)=O)c1C. The Balaban J connectivity index is 2.76. The normalized spacial score (nSPS) is 10.6. The van der Waals surface area contributed by atoms with Gasteiger partial charge in [0.1, 0.15) is 23.0 Å². The van der Waals surface area contributed by atoms with Crippen LogP contribution >= 0.6 is 0 Å². The molecule has 8 heteroatoms. The third-order valence-electron chi connectivity index (χ3n) is 4.30. The minimum Gasteiger partial charge on any atom is -0.427 e. The maximum Gasteiger partial charge on any atom is 0.343 e. The average Bonchev–Trinajstić information content (AvgIpc) is 2.60. The van der Waals surface area contributed by atoms with Gasteiger partial charge >= 0.3 is 23.2 Å². The largest absolute Gasteiger partial charge is 0.427 e. The van der Waals surface area contributed by atoms with Crippen molar-refractivity contribution in [1.82, 2.24) is 0 Å². The highest BCUT2D eigenvalue weighted by atomic mass is 16.5. The zero-order valence-electron chi connectivity index (χ0n) is 16.7. The van der Waals surface area contributed by atoms with Gasteiger partial charge in [0.2, 0.25) is 0 Å². The molecule has 0 aromatic carbocycles. The van der Waals surface area contributed by atoms with E-state index in [1.54, 1.807) is 27.7 Å². The lowest BCUT2D eigenvalue weighted by molar-refractivity contribution is -0.132. The smallest absolute Gasteiger partial charge is 0.343 e. The fourth-order valence-electron chi connectivity index (χ4n) is 2.83. The second-order valence-electron chi connectivity index (χ2n) is 6.34. The fraction of sp³-hybridized carbons (Fsp3) is 0.400. The van der Waals surface area contributed by atoms with E-state index >= 15 is 0 Å². The van der Waals surface area contributed by atoms with E-state index in [0.717, 1.165) is 0 Å². The number of aryl methyl sites for hydroxylation is 2. The van der Waals surface area contributed by atoms with Crippen molar-refractivity contribution in [3.8, 4) is 11.5 Å². The average molecular weight is 390 g/mol. The molecule has 0 bridgehead atoms. The first-order valence-corrected chi connectivity index (χ1v) is 8.72. The van der Waals surface area contributed by atoms with Crippen LogP contribution in [0.4, 0.5) is 0 Å². The zero-order chi connectivity index (χ0) is 21.2. The highest BCUT2D eigenvalue weighted by molar-refractivity contribution is 5.71. The molecule has 8 nitrogen and oxygen atoms in total. The lowest BCUT2D eigenvalue weighted by atomic mass is 10.0. The van der Waals surface area contributed by atoms with Crippen LogP contribution in [-0.2, 0) is 22.4 Å². The first-order valence-electron chi connectivity index (χ1n) is 8.72. The highest BCUT2D eigenvalue weighted by Gasteiger charge is 2.25. The van der Waals surface area contributed by atoms with Gasteiger partial charge in [0.25, 0.3) is 0 Å². The minimum atomic E-state index is -0.759. The Morgan fingerprint density at radius 1 is 0.821 bits per heavy atom. The maximum atomic E-state index is 12.6. The van der Waals surface area contributed by atoms with Crippen LogP contribution < -0.4 is 20.7 Å². The molecule has 150 valence electrons. The predicted octanol–water partition coefficient (Wildman–Crippen LogP) is 2.52.